The summed E-state index contributed by atoms with van der Waals surface area (Å²) in [5, 5.41) is 0.994. The maximum atomic E-state index is 13.4. The van der Waals surface area contributed by atoms with E-state index in [2.05, 4.69) is 40.4 Å². The highest BCUT2D eigenvalue weighted by Gasteiger charge is 2.41. The molecule has 0 spiro atoms. The van der Waals surface area contributed by atoms with Gasteiger partial charge in [-0.05, 0) is 62.6 Å². The number of hydrogen-bond donors (Lipinski definition) is 3. The van der Waals surface area contributed by atoms with E-state index in [1.54, 1.807) is 12.1 Å². The maximum Gasteiger partial charge on any atom is 0.269 e. The van der Waals surface area contributed by atoms with Crippen LogP contribution in [0.2, 0.25) is 0 Å². The molecular weight excluding hydrogens is 478 g/mol. The average molecular weight is 506 g/mol. The Morgan fingerprint density at radius 1 is 1.08 bits per heavy atom. The lowest BCUT2D eigenvalue weighted by molar-refractivity contribution is 0.0981. The van der Waals surface area contributed by atoms with Crippen LogP contribution in [0.4, 0.5) is 5.82 Å². The summed E-state index contributed by atoms with van der Waals surface area (Å²) in [5.41, 5.74) is 1.54. The van der Waals surface area contributed by atoms with Crippen molar-refractivity contribution < 1.29 is 13.2 Å². The van der Waals surface area contributed by atoms with Crippen LogP contribution < -0.4 is 15.2 Å². The molecule has 1 aliphatic heterocycles. The van der Waals surface area contributed by atoms with E-state index in [0.717, 1.165) is 29.0 Å². The largest absolute Gasteiger partial charge is 0.361 e. The zero-order valence-electron chi connectivity index (χ0n) is 20.2. The summed E-state index contributed by atoms with van der Waals surface area (Å²) in [7, 11) is -4.40. The summed E-state index contributed by atoms with van der Waals surface area (Å²) >= 11 is 0. The van der Waals surface area contributed by atoms with Crippen molar-refractivity contribution in [3.05, 3.63) is 76.8 Å². The normalized spacial score (nSPS) is 17.4. The van der Waals surface area contributed by atoms with Crippen molar-refractivity contribution in [1.82, 2.24) is 19.7 Å². The van der Waals surface area contributed by atoms with Crippen LogP contribution in [-0.4, -0.2) is 41.4 Å². The molecule has 1 unspecified atom stereocenters. The number of sulfonamides is 1. The van der Waals surface area contributed by atoms with Crippen LogP contribution in [0.25, 0.3) is 22.2 Å². The van der Waals surface area contributed by atoms with Crippen molar-refractivity contribution >= 4 is 32.7 Å². The van der Waals surface area contributed by atoms with Gasteiger partial charge >= 0.3 is 0 Å². The molecule has 4 heterocycles. The van der Waals surface area contributed by atoms with Crippen LogP contribution in [-0.2, 0) is 10.0 Å². The minimum absolute atomic E-state index is 0.123. The second kappa shape index (κ2) is 8.63. The third-order valence-electron chi connectivity index (χ3n) is 7.23. The first-order valence-electron chi connectivity index (χ1n) is 11.7. The first-order valence-corrected chi connectivity index (χ1v) is 13.2. The average Bonchev–Trinajstić information content (AvgIpc) is 3.42. The molecule has 1 fully saturated rings. The number of fused-ring (bicyclic) bond motifs is 1. The Labute approximate surface area is 208 Å². The number of carbonyl (C=O) groups is 1. The number of aromatic amines is 2. The number of H-pyrrole nitrogens is 2. The van der Waals surface area contributed by atoms with Gasteiger partial charge in [-0.1, -0.05) is 19.1 Å². The molecule has 1 aliphatic rings. The zero-order chi connectivity index (χ0) is 25.7. The van der Waals surface area contributed by atoms with Crippen LogP contribution in [0, 0.1) is 5.92 Å². The van der Waals surface area contributed by atoms with Gasteiger partial charge in [0, 0.05) is 40.9 Å². The molecule has 1 saturated heterocycles. The van der Waals surface area contributed by atoms with E-state index in [4.69, 9.17) is 4.98 Å². The minimum atomic E-state index is -4.40. The van der Waals surface area contributed by atoms with E-state index in [0.29, 0.717) is 24.0 Å². The number of aromatic nitrogens is 3. The molecule has 1 aromatic carbocycles. The van der Waals surface area contributed by atoms with Crippen molar-refractivity contribution in [3.63, 3.8) is 0 Å². The van der Waals surface area contributed by atoms with E-state index >= 15 is 0 Å². The Hall–Kier alpha value is -3.92. The number of hydrogen-bond acceptors (Lipinski definition) is 6. The quantitative estimate of drug-likeness (QED) is 0.380. The molecule has 0 bridgehead atoms. The van der Waals surface area contributed by atoms with Crippen molar-refractivity contribution in [2.24, 2.45) is 5.92 Å². The SMILES string of the molecule is CC1CCN(c2nc(-c3cccc4[nH]ccc34)ccc2C(=O)NS(=O)(=O)c2ccc[nH]c2=O)C1(C)C. The van der Waals surface area contributed by atoms with Crippen LogP contribution >= 0.6 is 0 Å². The lowest BCUT2D eigenvalue weighted by Crippen LogP contribution is -2.44. The fraction of sp³-hybridized carbons (Fsp3) is 0.269. The fourth-order valence-electron chi connectivity index (χ4n) is 4.75. The summed E-state index contributed by atoms with van der Waals surface area (Å²) in [6.07, 6.45) is 4.09. The Balaban J connectivity index is 1.62. The van der Waals surface area contributed by atoms with E-state index in [1.165, 1.54) is 12.3 Å². The van der Waals surface area contributed by atoms with Gasteiger partial charge in [-0.15, -0.1) is 0 Å². The molecule has 1 atom stereocenters. The Kier molecular flexibility index (Phi) is 5.71. The number of pyridine rings is 2. The number of nitrogens with zero attached hydrogens (tertiary/aromatic N) is 2. The predicted octanol–water partition coefficient (Wildman–Crippen LogP) is 3.66. The Bertz CT molecular complexity index is 1640. The van der Waals surface area contributed by atoms with Crippen molar-refractivity contribution in [2.45, 2.75) is 37.6 Å². The molecule has 9 nitrogen and oxygen atoms in total. The highest BCUT2D eigenvalue weighted by Crippen LogP contribution is 2.40. The van der Waals surface area contributed by atoms with E-state index in [-0.39, 0.29) is 11.1 Å². The van der Waals surface area contributed by atoms with Crippen LogP contribution in [0.1, 0.15) is 37.6 Å². The van der Waals surface area contributed by atoms with Crippen molar-refractivity contribution in [3.8, 4) is 11.3 Å². The smallest absolute Gasteiger partial charge is 0.269 e. The third kappa shape index (κ3) is 3.97. The summed E-state index contributed by atoms with van der Waals surface area (Å²) in [6.45, 7) is 7.00. The molecule has 0 radical (unpaired) electrons. The topological polar surface area (TPSA) is 128 Å². The molecule has 36 heavy (non-hydrogen) atoms. The highest BCUT2D eigenvalue weighted by molar-refractivity contribution is 7.90. The molecule has 3 N–H and O–H groups in total. The Morgan fingerprint density at radius 2 is 1.89 bits per heavy atom. The third-order valence-corrected chi connectivity index (χ3v) is 8.59. The van der Waals surface area contributed by atoms with Gasteiger partial charge in [0.25, 0.3) is 21.5 Å². The molecule has 186 valence electrons. The highest BCUT2D eigenvalue weighted by atomic mass is 32.2. The van der Waals surface area contributed by atoms with Gasteiger partial charge in [-0.25, -0.2) is 18.1 Å². The summed E-state index contributed by atoms with van der Waals surface area (Å²) in [4.78, 5) is 37.4. The monoisotopic (exact) mass is 505 g/mol. The lowest BCUT2D eigenvalue weighted by atomic mass is 9.90. The number of amides is 1. The van der Waals surface area contributed by atoms with Gasteiger partial charge in [0.15, 0.2) is 4.90 Å². The number of nitrogens with one attached hydrogen (secondary N) is 3. The summed E-state index contributed by atoms with van der Waals surface area (Å²) in [6, 6.07) is 13.7. The second-order valence-electron chi connectivity index (χ2n) is 9.61. The molecular formula is C26H27N5O4S. The summed E-state index contributed by atoms with van der Waals surface area (Å²) < 4.78 is 27.8. The zero-order valence-corrected chi connectivity index (χ0v) is 21.0. The van der Waals surface area contributed by atoms with Gasteiger partial charge in [-0.3, -0.25) is 9.59 Å². The lowest BCUT2D eigenvalue weighted by Gasteiger charge is -2.36. The fourth-order valence-corrected chi connectivity index (χ4v) is 5.77. The van der Waals surface area contributed by atoms with E-state index < -0.39 is 26.4 Å². The number of carbonyl (C=O) groups excluding carboxylic acids is 1. The first-order chi connectivity index (χ1) is 17.1. The summed E-state index contributed by atoms with van der Waals surface area (Å²) in [5.74, 6) is -0.106. The molecule has 5 rings (SSSR count). The number of rotatable bonds is 5. The molecule has 3 aromatic heterocycles. The molecule has 10 heteroatoms. The number of benzene rings is 1. The van der Waals surface area contributed by atoms with Crippen molar-refractivity contribution in [1.29, 1.82) is 0 Å². The standard InChI is InChI=1S/C26H27N5O4S/c1-16-12-15-31(26(16,2)3)23-19(24(32)30-36(34,35)22-8-5-13-28-25(22)33)9-10-21(29-23)17-6-4-7-20-18(17)11-14-27-20/h4-11,13-14,16,27H,12,15H2,1-3H3,(H,28,33)(H,30,32). The second-order valence-corrected chi connectivity index (χ2v) is 11.3. The van der Waals surface area contributed by atoms with E-state index in [1.807, 2.05) is 30.5 Å². The first kappa shape index (κ1) is 23.8. The van der Waals surface area contributed by atoms with Gasteiger partial charge in [0.1, 0.15) is 5.82 Å². The molecule has 0 aliphatic carbocycles. The van der Waals surface area contributed by atoms with Crippen LogP contribution in [0.5, 0.6) is 0 Å². The minimum Gasteiger partial charge on any atom is -0.361 e. The molecule has 1 amide bonds. The molecule has 0 saturated carbocycles. The van der Waals surface area contributed by atoms with Crippen LogP contribution in [0.15, 0.2) is 70.6 Å². The number of anilines is 1. The van der Waals surface area contributed by atoms with Crippen LogP contribution in [0.3, 0.4) is 0 Å². The van der Waals surface area contributed by atoms with E-state index in [9.17, 15) is 18.0 Å². The van der Waals surface area contributed by atoms with Gasteiger partial charge in [0.2, 0.25) is 0 Å². The molecule has 4 aromatic rings. The van der Waals surface area contributed by atoms with Gasteiger partial charge in [0.05, 0.1) is 11.3 Å². The van der Waals surface area contributed by atoms with Crippen molar-refractivity contribution in [2.75, 3.05) is 11.4 Å². The van der Waals surface area contributed by atoms with Gasteiger partial charge < -0.3 is 14.9 Å². The maximum absolute atomic E-state index is 13.4. The predicted molar refractivity (Wildman–Crippen MR) is 138 cm³/mol. The van der Waals surface area contributed by atoms with Gasteiger partial charge in [-0.2, -0.15) is 0 Å². The Morgan fingerprint density at radius 3 is 2.61 bits per heavy atom.